The number of hydrogen-bond donors (Lipinski definition) is 1. The van der Waals surface area contributed by atoms with E-state index < -0.39 is 0 Å². The van der Waals surface area contributed by atoms with Crippen LogP contribution in [0.1, 0.15) is 26.5 Å². The molecule has 0 aromatic carbocycles. The maximum Gasteiger partial charge on any atom is 0.233 e. The van der Waals surface area contributed by atoms with Crippen molar-refractivity contribution in [2.45, 2.75) is 43.3 Å². The third-order valence-corrected chi connectivity index (χ3v) is 3.87. The molecule has 0 aliphatic carbocycles. The Morgan fingerprint density at radius 1 is 1.53 bits per heavy atom. The van der Waals surface area contributed by atoms with Gasteiger partial charge in [-0.2, -0.15) is 0 Å². The lowest BCUT2D eigenvalue weighted by atomic mass is 10.3. The Morgan fingerprint density at radius 2 is 2.20 bits per heavy atom. The number of nitrogens with zero attached hydrogens (tertiary/aromatic N) is 1. The molecular formula is C10H16N2OS2. The molecule has 1 rings (SSSR count). The maximum atomic E-state index is 11.6. The van der Waals surface area contributed by atoms with Gasteiger partial charge in [0.2, 0.25) is 5.91 Å². The summed E-state index contributed by atoms with van der Waals surface area (Å²) in [7, 11) is 0. The summed E-state index contributed by atoms with van der Waals surface area (Å²) in [5.74, 6) is 0.0721. The molecule has 1 atom stereocenters. The van der Waals surface area contributed by atoms with Crippen LogP contribution in [0.3, 0.4) is 0 Å². The van der Waals surface area contributed by atoms with Gasteiger partial charge in [-0.15, -0.1) is 11.3 Å². The predicted molar refractivity (Wildman–Crippen MR) is 65.4 cm³/mol. The van der Waals surface area contributed by atoms with E-state index in [1.807, 2.05) is 33.1 Å². The highest BCUT2D eigenvalue weighted by molar-refractivity contribution is 8.02. The quantitative estimate of drug-likeness (QED) is 0.827. The third-order valence-electron chi connectivity index (χ3n) is 1.68. The number of aryl methyl sites for hydroxylation is 1. The molecule has 15 heavy (non-hydrogen) atoms. The Hall–Kier alpha value is -0.550. The second-order valence-corrected chi connectivity index (χ2v) is 6.12. The zero-order valence-corrected chi connectivity index (χ0v) is 11.0. The molecule has 1 N–H and O–H groups in total. The van der Waals surface area contributed by atoms with Gasteiger partial charge in [-0.05, 0) is 27.7 Å². The molecule has 1 aromatic heterocycles. The lowest BCUT2D eigenvalue weighted by Crippen LogP contribution is -2.35. The molecule has 0 saturated carbocycles. The van der Waals surface area contributed by atoms with Crippen LogP contribution in [-0.2, 0) is 4.79 Å². The number of carbonyl (C=O) groups is 1. The summed E-state index contributed by atoms with van der Waals surface area (Å²) in [5, 5.41) is 4.80. The molecule has 84 valence electrons. The normalized spacial score (nSPS) is 12.9. The second-order valence-electron chi connectivity index (χ2n) is 3.68. The fourth-order valence-corrected chi connectivity index (χ4v) is 2.99. The minimum Gasteiger partial charge on any atom is -0.353 e. The van der Waals surface area contributed by atoms with Crippen molar-refractivity contribution < 1.29 is 4.79 Å². The number of aromatic nitrogens is 1. The molecule has 0 fully saturated rings. The molecule has 0 bridgehead atoms. The minimum atomic E-state index is -0.0852. The van der Waals surface area contributed by atoms with Gasteiger partial charge in [-0.1, -0.05) is 11.8 Å². The van der Waals surface area contributed by atoms with Crippen LogP contribution in [0.5, 0.6) is 0 Å². The molecule has 5 heteroatoms. The summed E-state index contributed by atoms with van der Waals surface area (Å²) < 4.78 is 0.957. The van der Waals surface area contributed by atoms with Crippen LogP contribution in [0.4, 0.5) is 0 Å². The van der Waals surface area contributed by atoms with E-state index in [4.69, 9.17) is 0 Å². The number of nitrogens with one attached hydrogen (secondary N) is 1. The highest BCUT2D eigenvalue weighted by atomic mass is 32.2. The summed E-state index contributed by atoms with van der Waals surface area (Å²) in [6.45, 7) is 7.78. The Morgan fingerprint density at radius 3 is 2.67 bits per heavy atom. The van der Waals surface area contributed by atoms with Crippen molar-refractivity contribution in [2.24, 2.45) is 0 Å². The van der Waals surface area contributed by atoms with Gasteiger partial charge in [0.05, 0.1) is 5.25 Å². The van der Waals surface area contributed by atoms with Crippen molar-refractivity contribution in [3.63, 3.8) is 0 Å². The van der Waals surface area contributed by atoms with Crippen LogP contribution in [0.2, 0.25) is 0 Å². The van der Waals surface area contributed by atoms with Gasteiger partial charge in [0, 0.05) is 17.1 Å². The highest BCUT2D eigenvalue weighted by Gasteiger charge is 2.16. The van der Waals surface area contributed by atoms with Gasteiger partial charge in [-0.25, -0.2) is 4.98 Å². The third kappa shape index (κ3) is 4.22. The molecule has 3 nitrogen and oxygen atoms in total. The smallest absolute Gasteiger partial charge is 0.233 e. The highest BCUT2D eigenvalue weighted by Crippen LogP contribution is 2.26. The lowest BCUT2D eigenvalue weighted by molar-refractivity contribution is -0.120. The van der Waals surface area contributed by atoms with E-state index in [2.05, 4.69) is 10.3 Å². The predicted octanol–water partition coefficient (Wildman–Crippen LogP) is 2.46. The molecule has 0 unspecified atom stereocenters. The van der Waals surface area contributed by atoms with Crippen molar-refractivity contribution in [2.75, 3.05) is 0 Å². The van der Waals surface area contributed by atoms with Crippen LogP contribution >= 0.6 is 23.1 Å². The van der Waals surface area contributed by atoms with E-state index in [-0.39, 0.29) is 17.2 Å². The zero-order chi connectivity index (χ0) is 11.4. The first-order chi connectivity index (χ1) is 6.99. The molecule has 1 heterocycles. The summed E-state index contributed by atoms with van der Waals surface area (Å²) in [4.78, 5) is 15.9. The Labute approximate surface area is 98.7 Å². The summed E-state index contributed by atoms with van der Waals surface area (Å²) in [6, 6.07) is 0.193. The van der Waals surface area contributed by atoms with Crippen LogP contribution in [0, 0.1) is 6.92 Å². The molecule has 1 amide bonds. The van der Waals surface area contributed by atoms with Crippen molar-refractivity contribution in [3.05, 3.63) is 11.1 Å². The first-order valence-electron chi connectivity index (χ1n) is 4.88. The van der Waals surface area contributed by atoms with Gasteiger partial charge < -0.3 is 5.32 Å². The van der Waals surface area contributed by atoms with E-state index in [1.54, 1.807) is 11.3 Å². The summed E-state index contributed by atoms with van der Waals surface area (Å²) in [6.07, 6.45) is 0. The number of amides is 1. The minimum absolute atomic E-state index is 0.0721. The van der Waals surface area contributed by atoms with Crippen molar-refractivity contribution in [1.82, 2.24) is 10.3 Å². The van der Waals surface area contributed by atoms with Crippen molar-refractivity contribution >= 4 is 29.0 Å². The molecule has 0 saturated heterocycles. The average Bonchev–Trinajstić information content (AvgIpc) is 2.50. The van der Waals surface area contributed by atoms with E-state index >= 15 is 0 Å². The maximum absolute atomic E-state index is 11.6. The molecule has 0 aliphatic rings. The lowest BCUT2D eigenvalue weighted by Gasteiger charge is -2.12. The van der Waals surface area contributed by atoms with Crippen LogP contribution in [0.25, 0.3) is 0 Å². The van der Waals surface area contributed by atoms with Crippen LogP contribution in [-0.4, -0.2) is 22.2 Å². The molecule has 1 aromatic rings. The fraction of sp³-hybridized carbons (Fsp3) is 0.600. The van der Waals surface area contributed by atoms with E-state index in [1.165, 1.54) is 11.8 Å². The first kappa shape index (κ1) is 12.5. The molecule has 0 radical (unpaired) electrons. The number of carbonyl (C=O) groups excluding carboxylic acids is 1. The van der Waals surface area contributed by atoms with Crippen molar-refractivity contribution in [3.8, 4) is 0 Å². The average molecular weight is 244 g/mol. The Bertz CT molecular complexity index is 336. The van der Waals surface area contributed by atoms with Crippen LogP contribution < -0.4 is 5.32 Å². The van der Waals surface area contributed by atoms with Gasteiger partial charge in [0.25, 0.3) is 0 Å². The second kappa shape index (κ2) is 5.51. The van der Waals surface area contributed by atoms with E-state index in [0.717, 1.165) is 10.0 Å². The Balaban J connectivity index is 2.48. The first-order valence-corrected chi connectivity index (χ1v) is 6.64. The molecule has 0 spiro atoms. The SMILES string of the molecule is Cc1csc(S[C@@H](C)C(=O)NC(C)C)n1. The van der Waals surface area contributed by atoms with E-state index in [0.29, 0.717) is 0 Å². The molecular weight excluding hydrogens is 228 g/mol. The van der Waals surface area contributed by atoms with E-state index in [9.17, 15) is 4.79 Å². The van der Waals surface area contributed by atoms with Gasteiger partial charge >= 0.3 is 0 Å². The summed E-state index contributed by atoms with van der Waals surface area (Å²) >= 11 is 3.10. The van der Waals surface area contributed by atoms with Crippen molar-refractivity contribution in [1.29, 1.82) is 0 Å². The number of rotatable bonds is 4. The Kier molecular flexibility index (Phi) is 4.60. The standard InChI is InChI=1S/C10H16N2OS2/c1-6(2)11-9(13)8(4)15-10-12-7(3)5-14-10/h5-6,8H,1-4H3,(H,11,13)/t8-/m0/s1. The van der Waals surface area contributed by atoms with Gasteiger partial charge in [0.1, 0.15) is 0 Å². The van der Waals surface area contributed by atoms with Gasteiger partial charge in [-0.3, -0.25) is 4.79 Å². The largest absolute Gasteiger partial charge is 0.353 e. The van der Waals surface area contributed by atoms with Gasteiger partial charge in [0.15, 0.2) is 4.34 Å². The zero-order valence-electron chi connectivity index (χ0n) is 9.40. The summed E-state index contributed by atoms with van der Waals surface area (Å²) in [5.41, 5.74) is 1.01. The fourth-order valence-electron chi connectivity index (χ4n) is 0.993. The monoisotopic (exact) mass is 244 g/mol. The van der Waals surface area contributed by atoms with Crippen LogP contribution in [0.15, 0.2) is 9.72 Å². The number of thiazole rings is 1. The number of thioether (sulfide) groups is 1. The molecule has 0 aliphatic heterocycles. The number of hydrogen-bond acceptors (Lipinski definition) is 4. The topological polar surface area (TPSA) is 42.0 Å².